The van der Waals surface area contributed by atoms with E-state index in [4.69, 9.17) is 16.3 Å². The molecule has 6 heteroatoms. The Labute approximate surface area is 109 Å². The fraction of sp³-hybridized carbons (Fsp3) is 0.167. The first-order chi connectivity index (χ1) is 8.70. The second-order valence-electron chi connectivity index (χ2n) is 3.61. The van der Waals surface area contributed by atoms with Gasteiger partial charge in [0.2, 0.25) is 0 Å². The fourth-order valence-corrected chi connectivity index (χ4v) is 1.67. The van der Waals surface area contributed by atoms with Crippen molar-refractivity contribution in [3.05, 3.63) is 46.7 Å². The Kier molecular flexibility index (Phi) is 3.84. The molecule has 0 aliphatic heterocycles. The normalized spacial score (nSPS) is 10.1. The molecule has 1 amide bonds. The summed E-state index contributed by atoms with van der Waals surface area (Å²) < 4.78 is 5.12. The number of hydrogen-bond donors (Lipinski definition) is 2. The Hall–Kier alpha value is -2.01. The number of methoxy groups -OCH3 is 1. The summed E-state index contributed by atoms with van der Waals surface area (Å²) >= 11 is 5.83. The molecule has 0 radical (unpaired) electrons. The van der Waals surface area contributed by atoms with Gasteiger partial charge in [-0.15, -0.1) is 0 Å². The van der Waals surface area contributed by atoms with Gasteiger partial charge in [0, 0.05) is 11.2 Å². The smallest absolute Gasteiger partial charge is 0.255 e. The predicted octanol–water partition coefficient (Wildman–Crippen LogP) is 2.00. The molecule has 2 aromatic rings. The highest BCUT2D eigenvalue weighted by Crippen LogP contribution is 2.22. The van der Waals surface area contributed by atoms with Crippen LogP contribution in [0.25, 0.3) is 0 Å². The van der Waals surface area contributed by atoms with Crippen molar-refractivity contribution in [1.82, 2.24) is 15.5 Å². The first kappa shape index (κ1) is 12.4. The molecule has 0 bridgehead atoms. The molecule has 2 N–H and O–H groups in total. The highest BCUT2D eigenvalue weighted by Gasteiger charge is 2.12. The molecule has 18 heavy (non-hydrogen) atoms. The number of nitrogens with zero attached hydrogens (tertiary/aromatic N) is 1. The Morgan fingerprint density at radius 1 is 1.50 bits per heavy atom. The second kappa shape index (κ2) is 5.55. The van der Waals surface area contributed by atoms with Crippen molar-refractivity contribution in [1.29, 1.82) is 0 Å². The molecule has 5 nitrogen and oxygen atoms in total. The topological polar surface area (TPSA) is 67.0 Å². The summed E-state index contributed by atoms with van der Waals surface area (Å²) in [6, 6.07) is 6.67. The van der Waals surface area contributed by atoms with Crippen LogP contribution in [0.15, 0.2) is 30.5 Å². The van der Waals surface area contributed by atoms with E-state index in [0.717, 1.165) is 5.69 Å². The maximum Gasteiger partial charge on any atom is 0.255 e. The summed E-state index contributed by atoms with van der Waals surface area (Å²) in [6.07, 6.45) is 1.63. The zero-order chi connectivity index (χ0) is 13.0. The summed E-state index contributed by atoms with van der Waals surface area (Å²) in [7, 11) is 1.50. The molecule has 0 saturated carbocycles. The number of halogens is 1. The monoisotopic (exact) mass is 265 g/mol. The molecule has 0 spiro atoms. The molecule has 0 aliphatic carbocycles. The van der Waals surface area contributed by atoms with Gasteiger partial charge in [-0.1, -0.05) is 11.6 Å². The number of aromatic nitrogens is 2. The van der Waals surface area contributed by atoms with Gasteiger partial charge in [-0.2, -0.15) is 5.10 Å². The lowest BCUT2D eigenvalue weighted by molar-refractivity contribution is 0.0947. The number of H-pyrrole nitrogens is 1. The molecular weight excluding hydrogens is 254 g/mol. The first-order valence-electron chi connectivity index (χ1n) is 5.30. The zero-order valence-electron chi connectivity index (χ0n) is 9.74. The van der Waals surface area contributed by atoms with Crippen LogP contribution >= 0.6 is 11.6 Å². The molecule has 1 heterocycles. The summed E-state index contributed by atoms with van der Waals surface area (Å²) in [5.41, 5.74) is 1.28. The van der Waals surface area contributed by atoms with Gasteiger partial charge in [-0.05, 0) is 24.3 Å². The van der Waals surface area contributed by atoms with E-state index < -0.39 is 0 Å². The third kappa shape index (κ3) is 2.81. The predicted molar refractivity (Wildman–Crippen MR) is 67.8 cm³/mol. The fourth-order valence-electron chi connectivity index (χ4n) is 1.51. The SMILES string of the molecule is COc1cc(Cl)ccc1C(=O)NCc1ccn[nH]1. The molecular formula is C12H12ClN3O2. The Balaban J connectivity index is 2.09. The second-order valence-corrected chi connectivity index (χ2v) is 4.05. The number of carbonyl (C=O) groups excluding carboxylic acids is 1. The summed E-state index contributed by atoms with van der Waals surface area (Å²) in [4.78, 5) is 12.0. The quantitative estimate of drug-likeness (QED) is 0.889. The lowest BCUT2D eigenvalue weighted by Crippen LogP contribution is -2.23. The van der Waals surface area contributed by atoms with Gasteiger partial charge < -0.3 is 10.1 Å². The zero-order valence-corrected chi connectivity index (χ0v) is 10.5. The van der Waals surface area contributed by atoms with Crippen molar-refractivity contribution in [2.75, 3.05) is 7.11 Å². The van der Waals surface area contributed by atoms with Crippen LogP contribution in [0.3, 0.4) is 0 Å². The van der Waals surface area contributed by atoms with Crippen LogP contribution in [0.4, 0.5) is 0 Å². The Bertz CT molecular complexity index is 540. The lowest BCUT2D eigenvalue weighted by Gasteiger charge is -2.09. The Morgan fingerprint density at radius 2 is 2.33 bits per heavy atom. The molecule has 94 valence electrons. The number of aromatic amines is 1. The number of hydrogen-bond acceptors (Lipinski definition) is 3. The highest BCUT2D eigenvalue weighted by atomic mass is 35.5. The largest absolute Gasteiger partial charge is 0.496 e. The van der Waals surface area contributed by atoms with Crippen molar-refractivity contribution in [3.8, 4) is 5.75 Å². The van der Waals surface area contributed by atoms with Crippen molar-refractivity contribution < 1.29 is 9.53 Å². The number of amides is 1. The summed E-state index contributed by atoms with van der Waals surface area (Å²) in [6.45, 7) is 0.380. The van der Waals surface area contributed by atoms with Gasteiger partial charge in [0.25, 0.3) is 5.91 Å². The van der Waals surface area contributed by atoms with E-state index in [1.807, 2.05) is 0 Å². The van der Waals surface area contributed by atoms with E-state index in [1.54, 1.807) is 30.5 Å². The maximum atomic E-state index is 12.0. The van der Waals surface area contributed by atoms with Crippen molar-refractivity contribution >= 4 is 17.5 Å². The maximum absolute atomic E-state index is 12.0. The third-order valence-corrected chi connectivity index (χ3v) is 2.64. The average molecular weight is 266 g/mol. The van der Waals surface area contributed by atoms with E-state index in [0.29, 0.717) is 22.9 Å². The van der Waals surface area contributed by atoms with Crippen molar-refractivity contribution in [3.63, 3.8) is 0 Å². The van der Waals surface area contributed by atoms with Gasteiger partial charge in [-0.3, -0.25) is 9.89 Å². The minimum atomic E-state index is -0.224. The number of nitrogens with one attached hydrogen (secondary N) is 2. The van der Waals surface area contributed by atoms with Gasteiger partial charge in [0.05, 0.1) is 24.9 Å². The van der Waals surface area contributed by atoms with Crippen LogP contribution in [-0.4, -0.2) is 23.2 Å². The molecule has 0 saturated heterocycles. The van der Waals surface area contributed by atoms with Gasteiger partial charge in [0.15, 0.2) is 0 Å². The summed E-state index contributed by atoms with van der Waals surface area (Å²) in [5, 5.41) is 9.85. The van der Waals surface area contributed by atoms with Crippen LogP contribution in [-0.2, 0) is 6.54 Å². The first-order valence-corrected chi connectivity index (χ1v) is 5.68. The van der Waals surface area contributed by atoms with Gasteiger partial charge in [0.1, 0.15) is 5.75 Å². The summed E-state index contributed by atoms with van der Waals surface area (Å²) in [5.74, 6) is 0.225. The van der Waals surface area contributed by atoms with E-state index in [9.17, 15) is 4.79 Å². The lowest BCUT2D eigenvalue weighted by atomic mass is 10.2. The molecule has 0 aliphatic rings. The average Bonchev–Trinajstić information content (AvgIpc) is 2.88. The van der Waals surface area contributed by atoms with E-state index in [-0.39, 0.29) is 5.91 Å². The van der Waals surface area contributed by atoms with E-state index in [2.05, 4.69) is 15.5 Å². The number of rotatable bonds is 4. The van der Waals surface area contributed by atoms with Crippen LogP contribution in [0.1, 0.15) is 16.1 Å². The molecule has 0 atom stereocenters. The third-order valence-electron chi connectivity index (χ3n) is 2.41. The molecule has 2 rings (SSSR count). The van der Waals surface area contributed by atoms with E-state index in [1.165, 1.54) is 7.11 Å². The molecule has 0 fully saturated rings. The minimum Gasteiger partial charge on any atom is -0.496 e. The van der Waals surface area contributed by atoms with Crippen LogP contribution in [0.5, 0.6) is 5.75 Å². The molecule has 0 unspecified atom stereocenters. The van der Waals surface area contributed by atoms with Crippen molar-refractivity contribution in [2.45, 2.75) is 6.54 Å². The standard InChI is InChI=1S/C12H12ClN3O2/c1-18-11-6-8(13)2-3-10(11)12(17)14-7-9-4-5-15-16-9/h2-6H,7H2,1H3,(H,14,17)(H,15,16). The minimum absolute atomic E-state index is 0.224. The molecule has 1 aromatic carbocycles. The Morgan fingerprint density at radius 3 is 3.00 bits per heavy atom. The van der Waals surface area contributed by atoms with Gasteiger partial charge >= 0.3 is 0 Å². The number of carbonyl (C=O) groups is 1. The number of ether oxygens (including phenoxy) is 1. The van der Waals surface area contributed by atoms with E-state index >= 15 is 0 Å². The van der Waals surface area contributed by atoms with Gasteiger partial charge in [-0.25, -0.2) is 0 Å². The number of benzene rings is 1. The van der Waals surface area contributed by atoms with Crippen LogP contribution in [0.2, 0.25) is 5.02 Å². The van der Waals surface area contributed by atoms with Crippen LogP contribution < -0.4 is 10.1 Å². The highest BCUT2D eigenvalue weighted by molar-refractivity contribution is 6.30. The van der Waals surface area contributed by atoms with Crippen LogP contribution in [0, 0.1) is 0 Å². The molecule has 1 aromatic heterocycles. The van der Waals surface area contributed by atoms with Crippen molar-refractivity contribution in [2.24, 2.45) is 0 Å².